The van der Waals surface area contributed by atoms with Gasteiger partial charge in [0, 0.05) is 53.9 Å². The van der Waals surface area contributed by atoms with E-state index in [4.69, 9.17) is 9.40 Å². The van der Waals surface area contributed by atoms with Gasteiger partial charge in [0.2, 0.25) is 0 Å². The summed E-state index contributed by atoms with van der Waals surface area (Å²) >= 11 is 0. The van der Waals surface area contributed by atoms with E-state index in [-0.39, 0.29) is 25.5 Å². The largest absolute Gasteiger partial charge is 0.501 e. The molecule has 0 saturated carbocycles. The molecule has 3 aromatic heterocycles. The third-order valence-electron chi connectivity index (χ3n) is 12.3. The van der Waals surface area contributed by atoms with Gasteiger partial charge in [-0.15, -0.1) is 54.1 Å². The van der Waals surface area contributed by atoms with Crippen molar-refractivity contribution in [2.45, 2.75) is 26.2 Å². The van der Waals surface area contributed by atoms with Crippen LogP contribution in [-0.2, 0) is 25.5 Å². The van der Waals surface area contributed by atoms with Crippen LogP contribution in [0.15, 0.2) is 229 Å². The predicted octanol–water partition coefficient (Wildman–Crippen LogP) is 16.3. The number of nitrogens with zero attached hydrogens (tertiary/aromatic N) is 4. The summed E-state index contributed by atoms with van der Waals surface area (Å²) in [6, 6.07) is 82.4. The zero-order chi connectivity index (χ0) is 46.0. The van der Waals surface area contributed by atoms with Crippen LogP contribution in [-0.4, -0.2) is 19.5 Å². The normalized spacial score (nSPS) is 11.3. The Kier molecular flexibility index (Phi) is 12.5. The van der Waals surface area contributed by atoms with E-state index in [1.807, 2.05) is 48.7 Å². The number of hydrogen-bond donors (Lipinski definition) is 0. The van der Waals surface area contributed by atoms with Gasteiger partial charge >= 0.3 is 0 Å². The number of hydrogen-bond acceptors (Lipinski definition) is 4. The van der Waals surface area contributed by atoms with Crippen molar-refractivity contribution in [1.29, 1.82) is 0 Å². The van der Waals surface area contributed by atoms with Crippen LogP contribution < -0.4 is 0 Å². The van der Waals surface area contributed by atoms with Crippen molar-refractivity contribution in [2.24, 2.45) is 0 Å². The van der Waals surface area contributed by atoms with Crippen LogP contribution >= 0.6 is 0 Å². The summed E-state index contributed by atoms with van der Waals surface area (Å²) in [5.74, 6) is 1.52. The van der Waals surface area contributed by atoms with Crippen molar-refractivity contribution in [3.05, 3.63) is 242 Å². The number of rotatable bonds is 7. The first-order valence-electron chi connectivity index (χ1n) is 22.9. The van der Waals surface area contributed by atoms with E-state index < -0.39 is 0 Å². The van der Waals surface area contributed by atoms with Crippen molar-refractivity contribution < 1.29 is 24.5 Å². The van der Waals surface area contributed by atoms with E-state index in [2.05, 4.69) is 223 Å². The Morgan fingerprint density at radius 1 is 0.493 bits per heavy atom. The molecule has 12 rings (SSSR count). The Labute approximate surface area is 416 Å². The molecule has 0 N–H and O–H groups in total. The van der Waals surface area contributed by atoms with E-state index in [0.717, 1.165) is 112 Å². The SMILES string of the molecule is CC(C)(C)c1ccnc(-c2[c-]cccc2)n1.[Ir].[c-]1ccc2c(oc3cc(-c4ccccc4)ccc32)c1-c1nc2ccccc2n1-c1c(-c2ccccc2)cc(-c2ccccc2)cc1-c1ccccc1. The molecule has 0 amide bonds. The summed E-state index contributed by atoms with van der Waals surface area (Å²) in [5.41, 5.74) is 16.4. The number of aromatic nitrogens is 4. The van der Waals surface area contributed by atoms with Gasteiger partial charge in [-0.25, -0.2) is 0 Å². The maximum absolute atomic E-state index is 6.81. The summed E-state index contributed by atoms with van der Waals surface area (Å²) < 4.78 is 9.13. The van der Waals surface area contributed by atoms with Crippen molar-refractivity contribution in [1.82, 2.24) is 19.5 Å². The summed E-state index contributed by atoms with van der Waals surface area (Å²) in [5, 5.41) is 2.10. The first-order valence-corrected chi connectivity index (χ1v) is 22.9. The number of benzene rings is 9. The van der Waals surface area contributed by atoms with E-state index in [0.29, 0.717) is 0 Å². The van der Waals surface area contributed by atoms with E-state index >= 15 is 0 Å². The fourth-order valence-corrected chi connectivity index (χ4v) is 8.92. The van der Waals surface area contributed by atoms with Crippen LogP contribution in [0.5, 0.6) is 0 Å². The molecule has 0 saturated heterocycles. The molecule has 0 atom stereocenters. The molecule has 0 aliphatic rings. The second-order valence-electron chi connectivity index (χ2n) is 17.8. The van der Waals surface area contributed by atoms with Crippen LogP contribution in [0.2, 0.25) is 0 Å². The van der Waals surface area contributed by atoms with Crippen molar-refractivity contribution in [3.63, 3.8) is 0 Å². The Morgan fingerprint density at radius 3 is 1.71 bits per heavy atom. The fourth-order valence-electron chi connectivity index (χ4n) is 8.92. The standard InChI is InChI=1S/C49H31N2O.C14H15N2.Ir/c1-5-16-33(17-6-1)37-28-29-39-40-24-15-25-41(48(40)52-46(39)32-37)49-50-44-26-13-14-27-45(44)51(49)47-42(35-20-9-3-10-21-35)30-38(34-18-7-2-8-19-34)31-43(47)36-22-11-4-12-23-36;1-14(2,3)12-9-10-15-13(16-12)11-7-5-4-6-8-11;/h1-24,26-32H;4-7,9-10H,1-3H3;/q2*-1;. The van der Waals surface area contributed by atoms with Gasteiger partial charge in [0.05, 0.1) is 34.0 Å². The number of furan rings is 1. The van der Waals surface area contributed by atoms with E-state index in [1.165, 1.54) is 0 Å². The number of para-hydroxylation sites is 2. The van der Waals surface area contributed by atoms with Gasteiger partial charge in [0.25, 0.3) is 0 Å². The summed E-state index contributed by atoms with van der Waals surface area (Å²) in [6.07, 6.45) is 1.81. The molecule has 69 heavy (non-hydrogen) atoms. The second-order valence-corrected chi connectivity index (χ2v) is 17.8. The topological polar surface area (TPSA) is 56.7 Å². The quantitative estimate of drug-likeness (QED) is 0.149. The average Bonchev–Trinajstić information content (AvgIpc) is 3.98. The monoisotopic (exact) mass is 1070 g/mol. The average molecular weight is 1070 g/mol. The Morgan fingerprint density at radius 2 is 1.09 bits per heavy atom. The van der Waals surface area contributed by atoms with E-state index in [9.17, 15) is 0 Å². The molecule has 3 heterocycles. The smallest absolute Gasteiger partial charge is 0.121 e. The first-order chi connectivity index (χ1) is 33.4. The van der Waals surface area contributed by atoms with Crippen LogP contribution in [0.3, 0.4) is 0 Å². The van der Waals surface area contributed by atoms with Crippen LogP contribution in [0.1, 0.15) is 26.5 Å². The van der Waals surface area contributed by atoms with Gasteiger partial charge in [-0.05, 0) is 69.8 Å². The van der Waals surface area contributed by atoms with Gasteiger partial charge in [-0.3, -0.25) is 15.0 Å². The molecule has 0 aliphatic heterocycles. The molecule has 0 spiro atoms. The van der Waals surface area contributed by atoms with Crippen molar-refractivity contribution in [2.75, 3.05) is 0 Å². The molecular formula is C63H46IrN4O-2. The molecular weight excluding hydrogens is 1020 g/mol. The molecule has 0 fully saturated rings. The molecule has 12 aromatic rings. The van der Waals surface area contributed by atoms with Gasteiger partial charge in [-0.1, -0.05) is 177 Å². The second kappa shape index (κ2) is 19.3. The minimum absolute atomic E-state index is 0. The van der Waals surface area contributed by atoms with Crippen molar-refractivity contribution >= 4 is 33.0 Å². The van der Waals surface area contributed by atoms with Crippen LogP contribution in [0.25, 0.3) is 106 Å². The van der Waals surface area contributed by atoms with Gasteiger partial charge in [-0.2, -0.15) is 0 Å². The summed E-state index contributed by atoms with van der Waals surface area (Å²) in [7, 11) is 0. The third-order valence-corrected chi connectivity index (χ3v) is 12.3. The molecule has 5 nitrogen and oxygen atoms in total. The summed E-state index contributed by atoms with van der Waals surface area (Å²) in [6.45, 7) is 6.44. The van der Waals surface area contributed by atoms with Crippen molar-refractivity contribution in [3.8, 4) is 73.0 Å². The Balaban J connectivity index is 0.000000277. The number of fused-ring (bicyclic) bond motifs is 4. The Hall–Kier alpha value is -8.02. The molecule has 0 bridgehead atoms. The zero-order valence-electron chi connectivity index (χ0n) is 38.4. The van der Waals surface area contributed by atoms with Gasteiger partial charge in [0.15, 0.2) is 0 Å². The molecule has 6 heteroatoms. The van der Waals surface area contributed by atoms with Crippen LogP contribution in [0.4, 0.5) is 0 Å². The minimum atomic E-state index is 0. The maximum Gasteiger partial charge on any atom is 0.121 e. The van der Waals surface area contributed by atoms with E-state index in [1.54, 1.807) is 0 Å². The minimum Gasteiger partial charge on any atom is -0.501 e. The number of imidazole rings is 1. The predicted molar refractivity (Wildman–Crippen MR) is 279 cm³/mol. The molecule has 9 aromatic carbocycles. The Bertz CT molecular complexity index is 3630. The maximum atomic E-state index is 6.81. The molecule has 335 valence electrons. The van der Waals surface area contributed by atoms with Gasteiger partial charge in [0.1, 0.15) is 5.58 Å². The zero-order valence-corrected chi connectivity index (χ0v) is 40.8. The molecule has 1 radical (unpaired) electrons. The fraction of sp³-hybridized carbons (Fsp3) is 0.0635. The third kappa shape index (κ3) is 8.96. The molecule has 0 unspecified atom stereocenters. The summed E-state index contributed by atoms with van der Waals surface area (Å²) in [4.78, 5) is 14.2. The van der Waals surface area contributed by atoms with Crippen LogP contribution in [0, 0.1) is 12.1 Å². The first kappa shape index (κ1) is 44.8. The molecule has 0 aliphatic carbocycles. The van der Waals surface area contributed by atoms with Gasteiger partial charge < -0.3 is 8.98 Å².